The summed E-state index contributed by atoms with van der Waals surface area (Å²) < 4.78 is 75.3. The molecule has 5 rings (SSSR count). The third kappa shape index (κ3) is 7.04. The molecule has 2 aromatic heterocycles. The Morgan fingerprint density at radius 2 is 1.80 bits per heavy atom. The van der Waals surface area contributed by atoms with Crippen LogP contribution in [-0.2, 0) is 16.6 Å². The van der Waals surface area contributed by atoms with Crippen LogP contribution in [0, 0.1) is 10.1 Å². The summed E-state index contributed by atoms with van der Waals surface area (Å²) in [5, 5.41) is 15.2. The predicted molar refractivity (Wildman–Crippen MR) is 151 cm³/mol. The van der Waals surface area contributed by atoms with Crippen LogP contribution in [0.15, 0.2) is 96.2 Å². The minimum Gasteiger partial charge on any atom is -0.455 e. The Morgan fingerprint density at radius 1 is 1.00 bits per heavy atom. The molecule has 5 aromatic rings. The Labute approximate surface area is 246 Å². The third-order valence-electron chi connectivity index (χ3n) is 6.05. The number of hydrogen-bond donors (Lipinski definition) is 3. The molecule has 1 amide bonds. The number of anilines is 1. The molecule has 0 saturated carbocycles. The number of fused-ring (bicyclic) bond motifs is 1. The molecule has 0 radical (unpaired) electrons. The number of pyridine rings is 1. The highest BCUT2D eigenvalue weighted by Crippen LogP contribution is 2.30. The molecular weight excluding hydrogens is 607 g/mol. The number of sulfonamides is 1. The van der Waals surface area contributed by atoms with Gasteiger partial charge in [0, 0.05) is 24.2 Å². The number of rotatable bonds is 10. The lowest BCUT2D eigenvalue weighted by Crippen LogP contribution is -2.30. The minimum absolute atomic E-state index is 0.0344. The Hall–Kier alpha value is -5.64. The number of nitro benzene ring substituents is 1. The predicted octanol–water partition coefficient (Wildman–Crippen LogP) is 5.89. The van der Waals surface area contributed by atoms with E-state index >= 15 is 0 Å². The van der Waals surface area contributed by atoms with Gasteiger partial charge in [-0.25, -0.2) is 18.1 Å². The highest BCUT2D eigenvalue weighted by molar-refractivity contribution is 7.90. The lowest BCUT2D eigenvalue weighted by atomic mass is 10.2. The number of aromatic nitrogens is 2. The molecule has 0 aliphatic rings. The van der Waals surface area contributed by atoms with Crippen molar-refractivity contribution in [1.82, 2.24) is 14.7 Å². The van der Waals surface area contributed by atoms with E-state index in [0.717, 1.165) is 35.7 Å². The second-order valence-corrected chi connectivity index (χ2v) is 10.8. The Balaban J connectivity index is 1.32. The van der Waals surface area contributed by atoms with Crippen molar-refractivity contribution in [1.29, 1.82) is 0 Å². The van der Waals surface area contributed by atoms with Crippen LogP contribution >= 0.6 is 0 Å². The molecule has 0 fully saturated rings. The highest BCUT2D eigenvalue weighted by atomic mass is 32.2. The number of carbonyl (C=O) groups is 1. The largest absolute Gasteiger partial charge is 0.573 e. The van der Waals surface area contributed by atoms with Gasteiger partial charge in [0.1, 0.15) is 28.6 Å². The second kappa shape index (κ2) is 11.9. The maximum absolute atomic E-state index is 13.1. The number of para-hydroxylation sites is 1. The first kappa shape index (κ1) is 29.8. The summed E-state index contributed by atoms with van der Waals surface area (Å²) in [4.78, 5) is 30.5. The fourth-order valence-corrected chi connectivity index (χ4v) is 5.10. The van der Waals surface area contributed by atoms with Crippen LogP contribution < -0.4 is 19.5 Å². The molecule has 0 aliphatic carbocycles. The molecule has 2 heterocycles. The fraction of sp³-hybridized carbons (Fsp3) is 0.0714. The van der Waals surface area contributed by atoms with E-state index < -0.39 is 43.5 Å². The van der Waals surface area contributed by atoms with E-state index in [-0.39, 0.29) is 23.5 Å². The molecule has 0 saturated heterocycles. The van der Waals surface area contributed by atoms with Crippen LogP contribution in [0.25, 0.3) is 11.0 Å². The summed E-state index contributed by atoms with van der Waals surface area (Å²) in [6, 6.07) is 17.2. The van der Waals surface area contributed by atoms with Gasteiger partial charge in [0.15, 0.2) is 0 Å². The van der Waals surface area contributed by atoms with Crippen molar-refractivity contribution >= 4 is 38.3 Å². The molecule has 0 aliphatic heterocycles. The van der Waals surface area contributed by atoms with Crippen molar-refractivity contribution in [3.05, 3.63) is 112 Å². The van der Waals surface area contributed by atoms with Crippen LogP contribution in [0.3, 0.4) is 0 Å². The maximum atomic E-state index is 13.1. The number of benzene rings is 3. The molecular formula is C28H20F3N5O7S. The topological polar surface area (TPSA) is 166 Å². The van der Waals surface area contributed by atoms with Crippen LogP contribution in [-0.4, -0.2) is 35.6 Å². The van der Waals surface area contributed by atoms with Crippen molar-refractivity contribution < 1.29 is 40.8 Å². The zero-order valence-corrected chi connectivity index (χ0v) is 23.0. The summed E-state index contributed by atoms with van der Waals surface area (Å²) in [5.41, 5.74) is 0.0209. The molecule has 12 nitrogen and oxygen atoms in total. The maximum Gasteiger partial charge on any atom is 0.573 e. The Kier molecular flexibility index (Phi) is 8.09. The molecule has 226 valence electrons. The van der Waals surface area contributed by atoms with E-state index in [1.54, 1.807) is 24.4 Å². The van der Waals surface area contributed by atoms with Gasteiger partial charge in [0.2, 0.25) is 0 Å². The normalized spacial score (nSPS) is 11.6. The van der Waals surface area contributed by atoms with E-state index in [1.165, 1.54) is 36.5 Å². The van der Waals surface area contributed by atoms with E-state index in [2.05, 4.69) is 20.0 Å². The molecule has 44 heavy (non-hydrogen) atoms. The van der Waals surface area contributed by atoms with Crippen LogP contribution in [0.4, 0.5) is 24.5 Å². The summed E-state index contributed by atoms with van der Waals surface area (Å²) in [5.74, 6) is -1.21. The second-order valence-electron chi connectivity index (χ2n) is 9.10. The number of alkyl halides is 3. The van der Waals surface area contributed by atoms with Crippen LogP contribution in [0.2, 0.25) is 0 Å². The zero-order valence-electron chi connectivity index (χ0n) is 22.2. The SMILES string of the molecule is O=C(NS(=O)(=O)c1ccc(NCc2cccc(OC(F)(F)F)c2)c([N+](=O)[O-])c1)c1ccccc1Oc1cnc2[nH]ccc2c1. The summed E-state index contributed by atoms with van der Waals surface area (Å²) in [7, 11) is -4.61. The number of nitrogens with one attached hydrogen (secondary N) is 3. The van der Waals surface area contributed by atoms with Gasteiger partial charge in [0.25, 0.3) is 21.6 Å². The van der Waals surface area contributed by atoms with Crippen molar-refractivity contribution in [2.24, 2.45) is 0 Å². The molecule has 3 aromatic carbocycles. The summed E-state index contributed by atoms with van der Waals surface area (Å²) >= 11 is 0. The summed E-state index contributed by atoms with van der Waals surface area (Å²) in [6.07, 6.45) is -1.78. The number of halogens is 3. The van der Waals surface area contributed by atoms with Gasteiger partial charge in [0.05, 0.1) is 21.6 Å². The van der Waals surface area contributed by atoms with Gasteiger partial charge in [-0.3, -0.25) is 14.9 Å². The number of aromatic amines is 1. The van der Waals surface area contributed by atoms with Gasteiger partial charge in [-0.15, -0.1) is 13.2 Å². The van der Waals surface area contributed by atoms with E-state index in [9.17, 15) is 36.5 Å². The lowest BCUT2D eigenvalue weighted by molar-refractivity contribution is -0.384. The fourth-order valence-electron chi connectivity index (χ4n) is 4.11. The first-order chi connectivity index (χ1) is 20.9. The first-order valence-electron chi connectivity index (χ1n) is 12.5. The summed E-state index contributed by atoms with van der Waals surface area (Å²) in [6.45, 7) is -0.151. The van der Waals surface area contributed by atoms with Gasteiger partial charge in [-0.2, -0.15) is 0 Å². The van der Waals surface area contributed by atoms with Gasteiger partial charge in [-0.1, -0.05) is 24.3 Å². The standard InChI is InChI=1S/C28H20F3N5O7S/c29-28(30,31)43-19-5-3-4-17(12-19)15-33-23-9-8-21(14-24(23)36(38)39)44(40,41)35-27(37)22-6-1-2-7-25(22)42-20-13-18-10-11-32-26(18)34-16-20/h1-14,16,33H,15H2,(H,32,34)(H,35,37). The van der Waals surface area contributed by atoms with Crippen molar-refractivity contribution in [3.63, 3.8) is 0 Å². The van der Waals surface area contributed by atoms with Gasteiger partial charge >= 0.3 is 6.36 Å². The van der Waals surface area contributed by atoms with Crippen molar-refractivity contribution in [2.75, 3.05) is 5.32 Å². The highest BCUT2D eigenvalue weighted by Gasteiger charge is 2.31. The number of amides is 1. The zero-order chi connectivity index (χ0) is 31.5. The van der Waals surface area contributed by atoms with Gasteiger partial charge in [-0.05, 0) is 54.1 Å². The Morgan fingerprint density at radius 3 is 2.57 bits per heavy atom. The average Bonchev–Trinajstić information content (AvgIpc) is 3.43. The quantitative estimate of drug-likeness (QED) is 0.126. The Bertz CT molecular complexity index is 1980. The van der Waals surface area contributed by atoms with Crippen LogP contribution in [0.5, 0.6) is 17.2 Å². The smallest absolute Gasteiger partial charge is 0.455 e. The molecule has 0 unspecified atom stereocenters. The monoisotopic (exact) mass is 627 g/mol. The average molecular weight is 628 g/mol. The third-order valence-corrected chi connectivity index (χ3v) is 7.38. The lowest BCUT2D eigenvalue weighted by Gasteiger charge is -2.13. The molecule has 0 atom stereocenters. The number of hydrogen-bond acceptors (Lipinski definition) is 9. The molecule has 3 N–H and O–H groups in total. The van der Waals surface area contributed by atoms with E-state index in [4.69, 9.17) is 4.74 Å². The number of H-pyrrole nitrogens is 1. The van der Waals surface area contributed by atoms with Crippen molar-refractivity contribution in [2.45, 2.75) is 17.8 Å². The molecule has 0 spiro atoms. The number of ether oxygens (including phenoxy) is 2. The van der Waals surface area contributed by atoms with Crippen molar-refractivity contribution in [3.8, 4) is 17.2 Å². The number of nitro groups is 1. The number of nitrogens with zero attached hydrogens (tertiary/aromatic N) is 2. The number of carbonyl (C=O) groups excluding carboxylic acids is 1. The van der Waals surface area contributed by atoms with E-state index in [0.29, 0.717) is 17.0 Å². The minimum atomic E-state index is -4.90. The van der Waals surface area contributed by atoms with Crippen LogP contribution in [0.1, 0.15) is 15.9 Å². The van der Waals surface area contributed by atoms with Gasteiger partial charge < -0.3 is 19.8 Å². The molecule has 0 bridgehead atoms. The van der Waals surface area contributed by atoms with E-state index in [1.807, 2.05) is 4.72 Å². The molecule has 16 heteroatoms. The first-order valence-corrected chi connectivity index (χ1v) is 14.0.